The van der Waals surface area contributed by atoms with Gasteiger partial charge in [0.15, 0.2) is 0 Å². The first-order valence-corrected chi connectivity index (χ1v) is 6.24. The predicted octanol–water partition coefficient (Wildman–Crippen LogP) is 3.14. The fourth-order valence-electron chi connectivity index (χ4n) is 1.97. The third-order valence-corrected chi connectivity index (χ3v) is 3.67. The van der Waals surface area contributed by atoms with E-state index in [2.05, 4.69) is 12.2 Å². The summed E-state index contributed by atoms with van der Waals surface area (Å²) in [6.45, 7) is 4.43. The van der Waals surface area contributed by atoms with Gasteiger partial charge < -0.3 is 10.1 Å². The van der Waals surface area contributed by atoms with Gasteiger partial charge in [0, 0.05) is 30.3 Å². The summed E-state index contributed by atoms with van der Waals surface area (Å²) in [5, 5.41) is 3.97. The fraction of sp³-hybridized carbons (Fsp3) is 0.538. The van der Waals surface area contributed by atoms with Crippen molar-refractivity contribution in [2.24, 2.45) is 0 Å². The fourth-order valence-corrected chi connectivity index (χ4v) is 2.21. The lowest BCUT2D eigenvalue weighted by atomic mass is 9.92. The zero-order chi connectivity index (χ0) is 12.3. The topological polar surface area (TPSA) is 21.3 Å². The Morgan fingerprint density at radius 2 is 2.12 bits per heavy atom. The normalized spacial score (nSPS) is 19.2. The van der Waals surface area contributed by atoms with E-state index >= 15 is 0 Å². The van der Waals surface area contributed by atoms with E-state index in [4.69, 9.17) is 16.3 Å². The minimum Gasteiger partial charge on any atom is -0.381 e. The summed E-state index contributed by atoms with van der Waals surface area (Å²) in [5.74, 6) is -0.295. The van der Waals surface area contributed by atoms with Crippen LogP contribution >= 0.6 is 11.6 Å². The first kappa shape index (κ1) is 12.8. The van der Waals surface area contributed by atoms with E-state index in [1.165, 1.54) is 12.1 Å². The minimum atomic E-state index is -0.295. The molecule has 0 atom stereocenters. The number of benzene rings is 1. The lowest BCUT2D eigenvalue weighted by molar-refractivity contribution is 0.0446. The van der Waals surface area contributed by atoms with Crippen molar-refractivity contribution in [3.63, 3.8) is 0 Å². The smallest absolute Gasteiger partial charge is 0.124 e. The highest BCUT2D eigenvalue weighted by Crippen LogP contribution is 2.22. The van der Waals surface area contributed by atoms with Gasteiger partial charge in [-0.2, -0.15) is 0 Å². The van der Waals surface area contributed by atoms with E-state index in [1.54, 1.807) is 6.07 Å². The molecule has 0 aromatic heterocycles. The second kappa shape index (κ2) is 5.34. The van der Waals surface area contributed by atoms with E-state index in [1.807, 2.05) is 0 Å². The molecule has 1 aromatic rings. The number of nitrogens with one attached hydrogen (secondary N) is 1. The molecule has 94 valence electrons. The van der Waals surface area contributed by atoms with Gasteiger partial charge >= 0.3 is 0 Å². The molecule has 0 unspecified atom stereocenters. The maximum Gasteiger partial charge on any atom is 0.124 e. The van der Waals surface area contributed by atoms with Crippen molar-refractivity contribution < 1.29 is 9.13 Å². The standard InChI is InChI=1S/C13H17ClFNO/c1-13(4-6-17-7-5-13)16-9-10-2-3-11(15)8-12(10)14/h2-3,8,16H,4-7,9H2,1H3. The molecule has 1 heterocycles. The molecule has 1 aromatic carbocycles. The molecular weight excluding hydrogens is 241 g/mol. The molecule has 0 radical (unpaired) electrons. The molecule has 2 nitrogen and oxygen atoms in total. The van der Waals surface area contributed by atoms with Crippen LogP contribution in [0.4, 0.5) is 4.39 Å². The number of halogens is 2. The van der Waals surface area contributed by atoms with Crippen LogP contribution in [0.25, 0.3) is 0 Å². The molecule has 1 fully saturated rings. The molecule has 1 N–H and O–H groups in total. The summed E-state index contributed by atoms with van der Waals surface area (Å²) in [4.78, 5) is 0. The molecule has 4 heteroatoms. The van der Waals surface area contributed by atoms with Crippen molar-refractivity contribution in [2.45, 2.75) is 31.8 Å². The van der Waals surface area contributed by atoms with Gasteiger partial charge in [0.2, 0.25) is 0 Å². The van der Waals surface area contributed by atoms with E-state index in [9.17, 15) is 4.39 Å². The Morgan fingerprint density at radius 3 is 2.76 bits per heavy atom. The second-order valence-corrected chi connectivity index (χ2v) is 5.17. The summed E-state index contributed by atoms with van der Waals surface area (Å²) in [6, 6.07) is 4.52. The maximum absolute atomic E-state index is 12.9. The summed E-state index contributed by atoms with van der Waals surface area (Å²) >= 11 is 5.99. The molecule has 0 aliphatic carbocycles. The monoisotopic (exact) mass is 257 g/mol. The van der Waals surface area contributed by atoms with E-state index in [0.717, 1.165) is 31.6 Å². The van der Waals surface area contributed by atoms with Crippen LogP contribution in [0, 0.1) is 5.82 Å². The van der Waals surface area contributed by atoms with E-state index in [0.29, 0.717) is 11.6 Å². The first-order chi connectivity index (χ1) is 8.09. The van der Waals surface area contributed by atoms with Crippen LogP contribution in [0.3, 0.4) is 0 Å². The molecule has 0 spiro atoms. The predicted molar refractivity (Wildman–Crippen MR) is 66.7 cm³/mol. The minimum absolute atomic E-state index is 0.0932. The highest BCUT2D eigenvalue weighted by atomic mass is 35.5. The van der Waals surface area contributed by atoms with Crippen molar-refractivity contribution in [3.05, 3.63) is 34.6 Å². The lowest BCUT2D eigenvalue weighted by Crippen LogP contribution is -2.46. The van der Waals surface area contributed by atoms with Crippen molar-refractivity contribution in [3.8, 4) is 0 Å². The number of rotatable bonds is 3. The van der Waals surface area contributed by atoms with Gasteiger partial charge in [-0.25, -0.2) is 4.39 Å². The summed E-state index contributed by atoms with van der Waals surface area (Å²) < 4.78 is 18.2. The van der Waals surface area contributed by atoms with Crippen LogP contribution in [0.1, 0.15) is 25.3 Å². The van der Waals surface area contributed by atoms with Crippen molar-refractivity contribution in [1.82, 2.24) is 5.32 Å². The van der Waals surface area contributed by atoms with Gasteiger partial charge in [-0.3, -0.25) is 0 Å². The number of ether oxygens (including phenoxy) is 1. The SMILES string of the molecule is CC1(NCc2ccc(F)cc2Cl)CCOCC1. The van der Waals surface area contributed by atoms with Crippen LogP contribution in [0.2, 0.25) is 5.02 Å². The Labute approximate surface area is 106 Å². The Morgan fingerprint density at radius 1 is 1.41 bits per heavy atom. The molecular formula is C13H17ClFNO. The maximum atomic E-state index is 12.9. The van der Waals surface area contributed by atoms with E-state index in [-0.39, 0.29) is 11.4 Å². The summed E-state index contributed by atoms with van der Waals surface area (Å²) in [7, 11) is 0. The second-order valence-electron chi connectivity index (χ2n) is 4.76. The summed E-state index contributed by atoms with van der Waals surface area (Å²) in [5.41, 5.74) is 1.02. The van der Waals surface area contributed by atoms with Crippen LogP contribution in [-0.2, 0) is 11.3 Å². The Kier molecular flexibility index (Phi) is 4.02. The highest BCUT2D eigenvalue weighted by Gasteiger charge is 2.26. The molecule has 2 rings (SSSR count). The van der Waals surface area contributed by atoms with Crippen LogP contribution in [0.15, 0.2) is 18.2 Å². The van der Waals surface area contributed by atoms with Gasteiger partial charge in [0.1, 0.15) is 5.82 Å². The van der Waals surface area contributed by atoms with Crippen molar-refractivity contribution in [2.75, 3.05) is 13.2 Å². The zero-order valence-electron chi connectivity index (χ0n) is 9.93. The first-order valence-electron chi connectivity index (χ1n) is 5.86. The molecule has 0 bridgehead atoms. The Hall–Kier alpha value is -0.640. The third-order valence-electron chi connectivity index (χ3n) is 3.32. The average molecular weight is 258 g/mol. The lowest BCUT2D eigenvalue weighted by Gasteiger charge is -2.34. The average Bonchev–Trinajstić information content (AvgIpc) is 2.29. The molecule has 0 saturated carbocycles. The van der Waals surface area contributed by atoms with Crippen LogP contribution < -0.4 is 5.32 Å². The molecule has 1 saturated heterocycles. The van der Waals surface area contributed by atoms with Gasteiger partial charge in [0.25, 0.3) is 0 Å². The van der Waals surface area contributed by atoms with Gasteiger partial charge in [-0.05, 0) is 37.5 Å². The Balaban J connectivity index is 1.97. The van der Waals surface area contributed by atoms with Crippen molar-refractivity contribution in [1.29, 1.82) is 0 Å². The highest BCUT2D eigenvalue weighted by molar-refractivity contribution is 6.31. The van der Waals surface area contributed by atoms with Gasteiger partial charge in [-0.1, -0.05) is 17.7 Å². The van der Waals surface area contributed by atoms with Crippen molar-refractivity contribution >= 4 is 11.6 Å². The molecule has 1 aliphatic rings. The number of hydrogen-bond donors (Lipinski definition) is 1. The molecule has 1 aliphatic heterocycles. The molecule has 17 heavy (non-hydrogen) atoms. The third kappa shape index (κ3) is 3.41. The largest absolute Gasteiger partial charge is 0.381 e. The Bertz CT molecular complexity index is 391. The summed E-state index contributed by atoms with van der Waals surface area (Å²) in [6.07, 6.45) is 1.98. The molecule has 0 amide bonds. The van der Waals surface area contributed by atoms with Crippen LogP contribution in [-0.4, -0.2) is 18.8 Å². The quantitative estimate of drug-likeness (QED) is 0.898. The van der Waals surface area contributed by atoms with E-state index < -0.39 is 0 Å². The number of hydrogen-bond acceptors (Lipinski definition) is 2. The van der Waals surface area contributed by atoms with Crippen LogP contribution in [0.5, 0.6) is 0 Å². The van der Waals surface area contributed by atoms with Gasteiger partial charge in [0.05, 0.1) is 0 Å². The zero-order valence-corrected chi connectivity index (χ0v) is 10.7. The van der Waals surface area contributed by atoms with Gasteiger partial charge in [-0.15, -0.1) is 0 Å².